The van der Waals surface area contributed by atoms with E-state index in [0.717, 1.165) is 15.8 Å². The number of anilines is 1. The SMILES string of the molecule is Cc1ccc(/C=C/C(=O)OC(C)C(=O)Nc2cc([N+](=O)[O-])ccc2Cl)s1. The third kappa shape index (κ3) is 5.40. The predicted octanol–water partition coefficient (Wildman–Crippen LogP) is 4.20. The number of carbonyl (C=O) groups is 2. The number of benzene rings is 1. The lowest BCUT2D eigenvalue weighted by Crippen LogP contribution is -2.29. The molecular weight excluding hydrogens is 380 g/mol. The highest BCUT2D eigenvalue weighted by Gasteiger charge is 2.19. The lowest BCUT2D eigenvalue weighted by atomic mass is 10.2. The van der Waals surface area contributed by atoms with Crippen LogP contribution < -0.4 is 5.32 Å². The summed E-state index contributed by atoms with van der Waals surface area (Å²) in [7, 11) is 0. The van der Waals surface area contributed by atoms with Crippen LogP contribution in [0.4, 0.5) is 11.4 Å². The number of nitrogens with one attached hydrogen (secondary N) is 1. The summed E-state index contributed by atoms with van der Waals surface area (Å²) in [6.45, 7) is 3.34. The van der Waals surface area contributed by atoms with E-state index in [0.29, 0.717) is 0 Å². The van der Waals surface area contributed by atoms with Crippen molar-refractivity contribution >= 4 is 52.3 Å². The molecule has 136 valence electrons. The molecule has 1 heterocycles. The maximum Gasteiger partial charge on any atom is 0.331 e. The summed E-state index contributed by atoms with van der Waals surface area (Å²) < 4.78 is 5.02. The minimum atomic E-state index is -1.10. The van der Waals surface area contributed by atoms with Crippen molar-refractivity contribution in [3.8, 4) is 0 Å². The van der Waals surface area contributed by atoms with Crippen molar-refractivity contribution < 1.29 is 19.2 Å². The standard InChI is InChI=1S/C17H15ClN2O5S/c1-10-3-5-13(26-10)6-8-16(21)25-11(2)17(22)19-15-9-12(20(23)24)4-7-14(15)18/h3-9,11H,1-2H3,(H,19,22)/b8-6+. The van der Waals surface area contributed by atoms with Crippen LogP contribution in [-0.4, -0.2) is 22.9 Å². The van der Waals surface area contributed by atoms with Crippen molar-refractivity contribution in [3.63, 3.8) is 0 Å². The Labute approximate surface area is 158 Å². The highest BCUT2D eigenvalue weighted by molar-refractivity contribution is 7.12. The van der Waals surface area contributed by atoms with Gasteiger partial charge in [-0.2, -0.15) is 0 Å². The summed E-state index contributed by atoms with van der Waals surface area (Å²) >= 11 is 7.44. The molecule has 7 nitrogen and oxygen atoms in total. The third-order valence-electron chi connectivity index (χ3n) is 3.23. The molecule has 0 bridgehead atoms. The van der Waals surface area contributed by atoms with Gasteiger partial charge in [0.25, 0.3) is 11.6 Å². The first-order chi connectivity index (χ1) is 12.3. The maximum absolute atomic E-state index is 12.1. The van der Waals surface area contributed by atoms with Crippen LogP contribution in [0.15, 0.2) is 36.4 Å². The molecular formula is C17H15ClN2O5S. The zero-order valence-electron chi connectivity index (χ0n) is 13.9. The lowest BCUT2D eigenvalue weighted by Gasteiger charge is -2.13. The molecule has 1 aromatic carbocycles. The molecule has 0 spiro atoms. The molecule has 0 saturated heterocycles. The van der Waals surface area contributed by atoms with Crippen molar-refractivity contribution in [2.45, 2.75) is 20.0 Å². The molecule has 0 aliphatic rings. The highest BCUT2D eigenvalue weighted by atomic mass is 35.5. The average molecular weight is 395 g/mol. The van der Waals surface area contributed by atoms with Crippen molar-refractivity contribution in [1.29, 1.82) is 0 Å². The number of nitro benzene ring substituents is 1. The first-order valence-electron chi connectivity index (χ1n) is 7.46. The number of carbonyl (C=O) groups excluding carboxylic acids is 2. The molecule has 0 aliphatic carbocycles. The van der Waals surface area contributed by atoms with Gasteiger partial charge in [0.15, 0.2) is 6.10 Å². The minimum absolute atomic E-state index is 0.0679. The van der Waals surface area contributed by atoms with Crippen molar-refractivity contribution in [1.82, 2.24) is 0 Å². The zero-order chi connectivity index (χ0) is 19.3. The van der Waals surface area contributed by atoms with Gasteiger partial charge in [0.1, 0.15) is 0 Å². The van der Waals surface area contributed by atoms with Gasteiger partial charge in [0.05, 0.1) is 15.6 Å². The number of amides is 1. The smallest absolute Gasteiger partial charge is 0.331 e. The summed E-state index contributed by atoms with van der Waals surface area (Å²) in [5, 5.41) is 13.3. The second-order valence-electron chi connectivity index (χ2n) is 5.27. The Morgan fingerprint density at radius 2 is 2.08 bits per heavy atom. The van der Waals surface area contributed by atoms with Gasteiger partial charge < -0.3 is 10.1 Å². The first kappa shape index (κ1) is 19.6. The molecule has 0 radical (unpaired) electrons. The number of thiophene rings is 1. The second-order valence-corrected chi connectivity index (χ2v) is 7.00. The molecule has 1 atom stereocenters. The molecule has 0 saturated carbocycles. The monoisotopic (exact) mass is 394 g/mol. The summed E-state index contributed by atoms with van der Waals surface area (Å²) in [4.78, 5) is 36.1. The van der Waals surface area contributed by atoms with Crippen LogP contribution in [-0.2, 0) is 14.3 Å². The number of esters is 1. The Bertz CT molecular complexity index is 878. The van der Waals surface area contributed by atoms with E-state index in [1.807, 2.05) is 19.1 Å². The van der Waals surface area contributed by atoms with Gasteiger partial charge in [-0.1, -0.05) is 11.6 Å². The van der Waals surface area contributed by atoms with E-state index < -0.39 is 22.9 Å². The summed E-state index contributed by atoms with van der Waals surface area (Å²) in [6.07, 6.45) is 1.73. The van der Waals surface area contributed by atoms with Crippen LogP contribution in [0.3, 0.4) is 0 Å². The van der Waals surface area contributed by atoms with Gasteiger partial charge in [-0.15, -0.1) is 11.3 Å². The van der Waals surface area contributed by atoms with Crippen LogP contribution in [0.2, 0.25) is 5.02 Å². The van der Waals surface area contributed by atoms with E-state index in [-0.39, 0.29) is 16.4 Å². The van der Waals surface area contributed by atoms with Crippen molar-refractivity contribution in [2.24, 2.45) is 0 Å². The van der Waals surface area contributed by atoms with Gasteiger partial charge in [-0.25, -0.2) is 4.79 Å². The molecule has 9 heteroatoms. The number of non-ortho nitro benzene ring substituents is 1. The Morgan fingerprint density at radius 3 is 2.69 bits per heavy atom. The molecule has 1 unspecified atom stereocenters. The fourth-order valence-electron chi connectivity index (χ4n) is 1.92. The molecule has 1 aromatic heterocycles. The number of halogens is 1. The molecule has 0 aliphatic heterocycles. The van der Waals surface area contributed by atoms with Gasteiger partial charge in [-0.05, 0) is 38.1 Å². The third-order valence-corrected chi connectivity index (χ3v) is 4.52. The zero-order valence-corrected chi connectivity index (χ0v) is 15.5. The molecule has 2 rings (SSSR count). The van der Waals surface area contributed by atoms with Crippen molar-refractivity contribution in [2.75, 3.05) is 5.32 Å². The van der Waals surface area contributed by atoms with E-state index in [1.54, 1.807) is 6.08 Å². The predicted molar refractivity (Wildman–Crippen MR) is 100 cm³/mol. The van der Waals surface area contributed by atoms with E-state index in [2.05, 4.69) is 5.32 Å². The van der Waals surface area contributed by atoms with Gasteiger partial charge in [0.2, 0.25) is 0 Å². The van der Waals surface area contributed by atoms with Gasteiger partial charge in [0, 0.05) is 28.0 Å². The molecule has 0 fully saturated rings. The van der Waals surface area contributed by atoms with E-state index in [4.69, 9.17) is 16.3 Å². The number of nitrogens with zero attached hydrogens (tertiary/aromatic N) is 1. The van der Waals surface area contributed by atoms with Crippen LogP contribution in [0.5, 0.6) is 0 Å². The summed E-state index contributed by atoms with van der Waals surface area (Å²) in [5.41, 5.74) is -0.151. The van der Waals surface area contributed by atoms with Crippen LogP contribution in [0.1, 0.15) is 16.7 Å². The Hall–Kier alpha value is -2.71. The topological polar surface area (TPSA) is 98.5 Å². The van der Waals surface area contributed by atoms with Crippen LogP contribution in [0.25, 0.3) is 6.08 Å². The summed E-state index contributed by atoms with van der Waals surface area (Å²) in [5.74, 6) is -1.33. The maximum atomic E-state index is 12.1. The van der Waals surface area contributed by atoms with E-state index in [1.165, 1.54) is 36.5 Å². The Kier molecular flexibility index (Phi) is 6.48. The number of rotatable bonds is 6. The van der Waals surface area contributed by atoms with Gasteiger partial charge in [-0.3, -0.25) is 14.9 Å². The first-order valence-corrected chi connectivity index (χ1v) is 8.65. The molecule has 26 heavy (non-hydrogen) atoms. The number of hydrogen-bond donors (Lipinski definition) is 1. The second kappa shape index (κ2) is 8.59. The Morgan fingerprint density at radius 1 is 1.35 bits per heavy atom. The van der Waals surface area contributed by atoms with Crippen LogP contribution in [0, 0.1) is 17.0 Å². The molecule has 1 N–H and O–H groups in total. The summed E-state index contributed by atoms with van der Waals surface area (Å²) in [6, 6.07) is 7.45. The fourth-order valence-corrected chi connectivity index (χ4v) is 2.86. The number of hydrogen-bond acceptors (Lipinski definition) is 6. The Balaban J connectivity index is 1.97. The largest absolute Gasteiger partial charge is 0.449 e. The number of aryl methyl sites for hydroxylation is 1. The fraction of sp³-hybridized carbons (Fsp3) is 0.176. The minimum Gasteiger partial charge on any atom is -0.449 e. The lowest BCUT2D eigenvalue weighted by molar-refractivity contribution is -0.384. The highest BCUT2D eigenvalue weighted by Crippen LogP contribution is 2.26. The van der Waals surface area contributed by atoms with Crippen molar-refractivity contribution in [3.05, 3.63) is 61.3 Å². The average Bonchev–Trinajstić information content (AvgIpc) is 3.00. The van der Waals surface area contributed by atoms with E-state index in [9.17, 15) is 19.7 Å². The molecule has 2 aromatic rings. The van der Waals surface area contributed by atoms with Gasteiger partial charge >= 0.3 is 5.97 Å². The number of nitro groups is 1. The van der Waals surface area contributed by atoms with E-state index >= 15 is 0 Å². The van der Waals surface area contributed by atoms with Crippen LogP contribution >= 0.6 is 22.9 Å². The number of ether oxygens (including phenoxy) is 1. The molecule has 1 amide bonds. The quantitative estimate of drug-likeness (QED) is 0.342. The normalized spacial score (nSPS) is 12.0.